The lowest BCUT2D eigenvalue weighted by atomic mass is 10.1. The molecule has 6 heteroatoms. The smallest absolute Gasteiger partial charge is 0.316 e. The fourth-order valence-corrected chi connectivity index (χ4v) is 2.91. The molecule has 0 amide bonds. The van der Waals surface area contributed by atoms with Crippen molar-refractivity contribution >= 4 is 34.1 Å². The van der Waals surface area contributed by atoms with E-state index in [1.807, 2.05) is 43.3 Å². The van der Waals surface area contributed by atoms with Crippen LogP contribution in [0.4, 0.5) is 0 Å². The Bertz CT molecular complexity index is 881. The van der Waals surface area contributed by atoms with E-state index in [4.69, 9.17) is 23.2 Å². The van der Waals surface area contributed by atoms with Crippen molar-refractivity contribution in [2.75, 3.05) is 14.1 Å². The second-order valence-electron chi connectivity index (χ2n) is 5.55. The van der Waals surface area contributed by atoms with Crippen molar-refractivity contribution in [3.8, 4) is 11.3 Å². The number of hydrogen-bond acceptors (Lipinski definition) is 3. The van der Waals surface area contributed by atoms with Gasteiger partial charge in [0.05, 0.1) is 10.4 Å². The summed E-state index contributed by atoms with van der Waals surface area (Å²) < 4.78 is 0.847. The average molecular weight is 348 g/mol. The molecule has 0 saturated heterocycles. The van der Waals surface area contributed by atoms with E-state index in [-0.39, 0.29) is 0 Å². The third-order valence-electron chi connectivity index (χ3n) is 3.49. The van der Waals surface area contributed by atoms with Crippen LogP contribution < -0.4 is 4.73 Å². The first-order valence-electron chi connectivity index (χ1n) is 7.08. The molecule has 2 aromatic carbocycles. The minimum absolute atomic E-state index is 0.416. The molecule has 3 aromatic rings. The molecule has 0 unspecified atom stereocenters. The molecule has 0 fully saturated rings. The number of nitrogens with zero attached hydrogens (tertiary/aromatic N) is 3. The zero-order chi connectivity index (χ0) is 16.6. The van der Waals surface area contributed by atoms with Gasteiger partial charge < -0.3 is 5.21 Å². The van der Waals surface area contributed by atoms with E-state index >= 15 is 0 Å². The molecule has 0 atom stereocenters. The van der Waals surface area contributed by atoms with E-state index in [9.17, 15) is 5.21 Å². The standard InChI is InChI=1S/C17H15Cl2N3O/c1-21(2)10-16-20-15-8-7-11(18)9-13(15)17(22(16)23)12-5-3-4-6-14(12)19/h3-9H,10H2,1-2H3. The number of hydrogen-bond donors (Lipinski definition) is 0. The predicted octanol–water partition coefficient (Wildman–Crippen LogP) is 3.90. The van der Waals surface area contributed by atoms with Gasteiger partial charge in [-0.1, -0.05) is 35.3 Å². The van der Waals surface area contributed by atoms with Crippen LogP contribution in [0, 0.1) is 5.21 Å². The Labute approximate surface area is 144 Å². The van der Waals surface area contributed by atoms with Crippen LogP contribution in [-0.4, -0.2) is 24.0 Å². The topological polar surface area (TPSA) is 43.1 Å². The third kappa shape index (κ3) is 3.11. The summed E-state index contributed by atoms with van der Waals surface area (Å²) in [5, 5.41) is 14.7. The summed E-state index contributed by atoms with van der Waals surface area (Å²) in [6.45, 7) is 0.430. The molecule has 0 aliphatic heterocycles. The van der Waals surface area contributed by atoms with Crippen LogP contribution in [-0.2, 0) is 6.54 Å². The highest BCUT2D eigenvalue weighted by Crippen LogP contribution is 2.31. The van der Waals surface area contributed by atoms with Gasteiger partial charge >= 0.3 is 5.82 Å². The molecular weight excluding hydrogens is 333 g/mol. The summed E-state index contributed by atoms with van der Waals surface area (Å²) in [7, 11) is 3.78. The van der Waals surface area contributed by atoms with Gasteiger partial charge in [0.25, 0.3) is 0 Å². The van der Waals surface area contributed by atoms with Crippen molar-refractivity contribution in [1.29, 1.82) is 0 Å². The maximum atomic E-state index is 12.9. The van der Waals surface area contributed by atoms with Crippen LogP contribution in [0.1, 0.15) is 5.82 Å². The second kappa shape index (κ2) is 6.32. The second-order valence-corrected chi connectivity index (χ2v) is 6.39. The van der Waals surface area contributed by atoms with Crippen LogP contribution in [0.5, 0.6) is 0 Å². The van der Waals surface area contributed by atoms with Crippen molar-refractivity contribution in [1.82, 2.24) is 9.88 Å². The van der Waals surface area contributed by atoms with Crippen LogP contribution in [0.15, 0.2) is 42.5 Å². The van der Waals surface area contributed by atoms with Crippen molar-refractivity contribution in [2.24, 2.45) is 0 Å². The summed E-state index contributed by atoms with van der Waals surface area (Å²) in [6.07, 6.45) is 0. The molecule has 3 rings (SSSR count). The molecule has 23 heavy (non-hydrogen) atoms. The fraction of sp³-hybridized carbons (Fsp3) is 0.176. The van der Waals surface area contributed by atoms with E-state index in [1.54, 1.807) is 18.2 Å². The number of rotatable bonds is 3. The SMILES string of the molecule is CN(C)Cc1nc2ccc(Cl)cc2c(-c2ccccc2Cl)[n+]1[O-]. The fourth-order valence-electron chi connectivity index (χ4n) is 2.51. The minimum Gasteiger partial charge on any atom is -0.710 e. The van der Waals surface area contributed by atoms with E-state index in [1.165, 1.54) is 0 Å². The maximum Gasteiger partial charge on any atom is 0.316 e. The van der Waals surface area contributed by atoms with Gasteiger partial charge in [0, 0.05) is 10.6 Å². The van der Waals surface area contributed by atoms with Crippen molar-refractivity contribution in [2.45, 2.75) is 6.54 Å². The Kier molecular flexibility index (Phi) is 4.39. The average Bonchev–Trinajstić information content (AvgIpc) is 2.49. The Hall–Kier alpha value is -1.88. The summed E-state index contributed by atoms with van der Waals surface area (Å²) >= 11 is 12.4. The third-order valence-corrected chi connectivity index (χ3v) is 4.05. The van der Waals surface area contributed by atoms with Crippen LogP contribution >= 0.6 is 23.2 Å². The molecule has 0 aliphatic carbocycles. The largest absolute Gasteiger partial charge is 0.710 e. The lowest BCUT2D eigenvalue weighted by Crippen LogP contribution is -2.38. The summed E-state index contributed by atoms with van der Waals surface area (Å²) in [5.41, 5.74) is 1.85. The molecule has 118 valence electrons. The highest BCUT2D eigenvalue weighted by Gasteiger charge is 2.21. The lowest BCUT2D eigenvalue weighted by molar-refractivity contribution is -0.605. The van der Waals surface area contributed by atoms with Crippen LogP contribution in [0.3, 0.4) is 0 Å². The highest BCUT2D eigenvalue weighted by molar-refractivity contribution is 6.34. The van der Waals surface area contributed by atoms with Gasteiger partial charge in [0.2, 0.25) is 0 Å². The Morgan fingerprint density at radius 2 is 1.87 bits per heavy atom. The van der Waals surface area contributed by atoms with E-state index < -0.39 is 0 Å². The number of benzene rings is 2. The number of aromatic nitrogens is 2. The van der Waals surface area contributed by atoms with Gasteiger partial charge in [-0.05, 0) is 49.4 Å². The first-order valence-corrected chi connectivity index (χ1v) is 7.84. The first kappa shape index (κ1) is 16.0. The summed E-state index contributed by atoms with van der Waals surface area (Å²) in [5.74, 6) is 0.416. The normalized spacial score (nSPS) is 11.3. The molecule has 0 radical (unpaired) electrons. The van der Waals surface area contributed by atoms with Crippen molar-refractivity contribution < 1.29 is 4.73 Å². The van der Waals surface area contributed by atoms with Gasteiger partial charge in [-0.15, -0.1) is 0 Å². The van der Waals surface area contributed by atoms with Crippen molar-refractivity contribution in [3.05, 3.63) is 63.5 Å². The van der Waals surface area contributed by atoms with E-state index in [2.05, 4.69) is 4.98 Å². The Morgan fingerprint density at radius 1 is 1.13 bits per heavy atom. The Morgan fingerprint density at radius 3 is 2.57 bits per heavy atom. The molecule has 0 saturated carbocycles. The highest BCUT2D eigenvalue weighted by atomic mass is 35.5. The van der Waals surface area contributed by atoms with Gasteiger partial charge in [-0.25, -0.2) is 4.73 Å². The van der Waals surface area contributed by atoms with Gasteiger partial charge in [-0.3, -0.25) is 4.90 Å². The monoisotopic (exact) mass is 347 g/mol. The molecule has 0 spiro atoms. The molecule has 4 nitrogen and oxygen atoms in total. The van der Waals surface area contributed by atoms with Crippen LogP contribution in [0.2, 0.25) is 10.0 Å². The molecule has 0 N–H and O–H groups in total. The quantitative estimate of drug-likeness (QED) is 0.533. The number of fused-ring (bicyclic) bond motifs is 1. The van der Waals surface area contributed by atoms with Crippen LogP contribution in [0.25, 0.3) is 22.2 Å². The van der Waals surface area contributed by atoms with Gasteiger partial charge in [0.1, 0.15) is 6.54 Å². The molecule has 1 aromatic heterocycles. The minimum atomic E-state index is 0.416. The summed E-state index contributed by atoms with van der Waals surface area (Å²) in [4.78, 5) is 6.38. The molecule has 1 heterocycles. The zero-order valence-corrected chi connectivity index (χ0v) is 14.3. The van der Waals surface area contributed by atoms with E-state index in [0.29, 0.717) is 44.6 Å². The van der Waals surface area contributed by atoms with Gasteiger partial charge in [-0.2, -0.15) is 0 Å². The van der Waals surface area contributed by atoms with E-state index in [0.717, 1.165) is 4.73 Å². The number of halogens is 2. The molecule has 0 aliphatic rings. The first-order chi connectivity index (χ1) is 11.0. The lowest BCUT2D eigenvalue weighted by Gasteiger charge is -2.17. The van der Waals surface area contributed by atoms with Gasteiger partial charge in [0.15, 0.2) is 11.2 Å². The molecular formula is C17H15Cl2N3O. The summed E-state index contributed by atoms with van der Waals surface area (Å²) in [6, 6.07) is 12.6. The zero-order valence-electron chi connectivity index (χ0n) is 12.8. The Balaban J connectivity index is 2.39. The predicted molar refractivity (Wildman–Crippen MR) is 93.6 cm³/mol. The molecule has 0 bridgehead atoms. The van der Waals surface area contributed by atoms with Crippen molar-refractivity contribution in [3.63, 3.8) is 0 Å². The maximum absolute atomic E-state index is 12.9.